The van der Waals surface area contributed by atoms with Crippen LogP contribution in [-0.2, 0) is 4.79 Å². The summed E-state index contributed by atoms with van der Waals surface area (Å²) in [6.07, 6.45) is 2.80. The van der Waals surface area contributed by atoms with Crippen molar-refractivity contribution in [3.63, 3.8) is 0 Å². The largest absolute Gasteiger partial charge is 0.325 e. The van der Waals surface area contributed by atoms with Crippen LogP contribution in [0.5, 0.6) is 0 Å². The fraction of sp³-hybridized carbons (Fsp3) is 0.417. The zero-order valence-corrected chi connectivity index (χ0v) is 9.30. The molecule has 92 valence electrons. The van der Waals surface area contributed by atoms with Crippen molar-refractivity contribution in [3.8, 4) is 0 Å². The highest BCUT2D eigenvalue weighted by molar-refractivity contribution is 5.94. The monoisotopic (exact) mass is 240 g/mol. The molecule has 17 heavy (non-hydrogen) atoms. The van der Waals surface area contributed by atoms with Crippen LogP contribution in [0.3, 0.4) is 0 Å². The average molecular weight is 240 g/mol. The maximum Gasteiger partial charge on any atom is 0.241 e. The van der Waals surface area contributed by atoms with Gasteiger partial charge in [0.05, 0.1) is 6.04 Å². The van der Waals surface area contributed by atoms with Gasteiger partial charge in [0, 0.05) is 11.8 Å². The van der Waals surface area contributed by atoms with E-state index in [0.717, 1.165) is 44.0 Å². The Kier molecular flexibility index (Phi) is 3.68. The number of piperidine rings is 1. The van der Waals surface area contributed by atoms with E-state index in [4.69, 9.17) is 0 Å². The minimum absolute atomic E-state index is 0.153. The van der Waals surface area contributed by atoms with E-state index in [1.54, 1.807) is 0 Å². The molecular weight excluding hydrogens is 226 g/mol. The lowest BCUT2D eigenvalue weighted by Gasteiger charge is -2.22. The Morgan fingerprint density at radius 1 is 1.24 bits per heavy atom. The summed E-state index contributed by atoms with van der Waals surface area (Å²) in [5, 5.41) is 5.58. The van der Waals surface area contributed by atoms with Crippen molar-refractivity contribution in [2.24, 2.45) is 0 Å². The van der Waals surface area contributed by atoms with Crippen LogP contribution in [0.2, 0.25) is 0 Å². The Balaban J connectivity index is 2.01. The minimum atomic E-state index is -0.697. The first-order valence-electron chi connectivity index (χ1n) is 5.65. The van der Waals surface area contributed by atoms with E-state index in [0.29, 0.717) is 0 Å². The van der Waals surface area contributed by atoms with Gasteiger partial charge in [-0.15, -0.1) is 0 Å². The summed E-state index contributed by atoms with van der Waals surface area (Å²) in [6, 6.07) is 2.71. The van der Waals surface area contributed by atoms with Gasteiger partial charge in [0.2, 0.25) is 5.91 Å². The molecule has 0 unspecified atom stereocenters. The molecule has 0 radical (unpaired) electrons. The lowest BCUT2D eigenvalue weighted by Crippen LogP contribution is -2.43. The van der Waals surface area contributed by atoms with E-state index in [-0.39, 0.29) is 17.6 Å². The zero-order chi connectivity index (χ0) is 12.3. The molecule has 0 aliphatic carbocycles. The number of hydrogen-bond donors (Lipinski definition) is 2. The summed E-state index contributed by atoms with van der Waals surface area (Å²) in [4.78, 5) is 11.8. The van der Waals surface area contributed by atoms with E-state index < -0.39 is 11.6 Å². The number of hydrogen-bond acceptors (Lipinski definition) is 2. The molecule has 3 nitrogen and oxygen atoms in total. The Bertz CT molecular complexity index is 397. The van der Waals surface area contributed by atoms with Crippen LogP contribution in [0, 0.1) is 11.6 Å². The molecular formula is C12H14F2N2O. The number of nitrogens with one attached hydrogen (secondary N) is 2. The number of carbonyl (C=O) groups excluding carboxylic acids is 1. The smallest absolute Gasteiger partial charge is 0.241 e. The van der Waals surface area contributed by atoms with E-state index in [2.05, 4.69) is 10.6 Å². The predicted octanol–water partition coefficient (Wildman–Crippen LogP) is 2.05. The van der Waals surface area contributed by atoms with Gasteiger partial charge in [0.25, 0.3) is 0 Å². The third-order valence-corrected chi connectivity index (χ3v) is 2.76. The van der Waals surface area contributed by atoms with Crippen LogP contribution >= 0.6 is 0 Å². The van der Waals surface area contributed by atoms with Gasteiger partial charge < -0.3 is 10.6 Å². The third kappa shape index (κ3) is 3.23. The van der Waals surface area contributed by atoms with E-state index in [1.165, 1.54) is 0 Å². The highest BCUT2D eigenvalue weighted by Gasteiger charge is 2.20. The maximum absolute atomic E-state index is 12.9. The third-order valence-electron chi connectivity index (χ3n) is 2.76. The van der Waals surface area contributed by atoms with Crippen LogP contribution in [0.1, 0.15) is 19.3 Å². The summed E-state index contributed by atoms with van der Waals surface area (Å²) in [7, 11) is 0. The standard InChI is InChI=1S/C12H14F2N2O/c13-8-5-9(14)7-10(6-8)16-12(17)11-3-1-2-4-15-11/h5-7,11,15H,1-4H2,(H,16,17)/t11-/m0/s1. The van der Waals surface area contributed by atoms with Crippen molar-refractivity contribution < 1.29 is 13.6 Å². The highest BCUT2D eigenvalue weighted by Crippen LogP contribution is 2.14. The van der Waals surface area contributed by atoms with Gasteiger partial charge in [0.15, 0.2) is 0 Å². The number of rotatable bonds is 2. The van der Waals surface area contributed by atoms with Crippen LogP contribution in [0.4, 0.5) is 14.5 Å². The van der Waals surface area contributed by atoms with Gasteiger partial charge in [-0.3, -0.25) is 4.79 Å². The molecule has 1 aromatic carbocycles. The van der Waals surface area contributed by atoms with Gasteiger partial charge in [-0.25, -0.2) is 8.78 Å². The molecule has 1 aliphatic heterocycles. The average Bonchev–Trinajstić information content (AvgIpc) is 2.28. The first-order chi connectivity index (χ1) is 8.15. The first kappa shape index (κ1) is 12.0. The van der Waals surface area contributed by atoms with Crippen LogP contribution < -0.4 is 10.6 Å². The summed E-state index contributed by atoms with van der Waals surface area (Å²) in [5.74, 6) is -1.64. The Morgan fingerprint density at radius 2 is 1.94 bits per heavy atom. The molecule has 2 rings (SSSR count). The quantitative estimate of drug-likeness (QED) is 0.830. The molecule has 5 heteroatoms. The molecule has 1 fully saturated rings. The van der Waals surface area contributed by atoms with E-state index in [1.807, 2.05) is 0 Å². The number of carbonyl (C=O) groups is 1. The number of amides is 1. The predicted molar refractivity (Wildman–Crippen MR) is 60.6 cm³/mol. The van der Waals surface area contributed by atoms with Crippen molar-refractivity contribution in [3.05, 3.63) is 29.8 Å². The van der Waals surface area contributed by atoms with Crippen molar-refractivity contribution >= 4 is 11.6 Å². The molecule has 1 aromatic rings. The van der Waals surface area contributed by atoms with Crippen molar-refractivity contribution in [2.45, 2.75) is 25.3 Å². The van der Waals surface area contributed by atoms with Gasteiger partial charge in [-0.05, 0) is 31.5 Å². The van der Waals surface area contributed by atoms with Crippen molar-refractivity contribution in [1.29, 1.82) is 0 Å². The molecule has 1 amide bonds. The molecule has 1 heterocycles. The molecule has 0 aromatic heterocycles. The molecule has 1 aliphatic rings. The lowest BCUT2D eigenvalue weighted by molar-refractivity contribution is -0.118. The molecule has 2 N–H and O–H groups in total. The van der Waals surface area contributed by atoms with Crippen molar-refractivity contribution in [1.82, 2.24) is 5.32 Å². The SMILES string of the molecule is O=C(Nc1cc(F)cc(F)c1)[C@@H]1CCCCN1. The summed E-state index contributed by atoms with van der Waals surface area (Å²) >= 11 is 0. The van der Waals surface area contributed by atoms with E-state index >= 15 is 0 Å². The topological polar surface area (TPSA) is 41.1 Å². The van der Waals surface area contributed by atoms with Gasteiger partial charge in [-0.2, -0.15) is 0 Å². The molecule has 0 saturated carbocycles. The Labute approximate surface area is 98.2 Å². The Morgan fingerprint density at radius 3 is 2.53 bits per heavy atom. The van der Waals surface area contributed by atoms with Gasteiger partial charge in [-0.1, -0.05) is 6.42 Å². The van der Waals surface area contributed by atoms with Crippen LogP contribution in [0.25, 0.3) is 0 Å². The molecule has 0 spiro atoms. The normalized spacial score (nSPS) is 20.0. The van der Waals surface area contributed by atoms with Gasteiger partial charge >= 0.3 is 0 Å². The second kappa shape index (κ2) is 5.23. The lowest BCUT2D eigenvalue weighted by atomic mass is 10.0. The number of anilines is 1. The number of benzene rings is 1. The molecule has 1 atom stereocenters. The van der Waals surface area contributed by atoms with Gasteiger partial charge in [0.1, 0.15) is 11.6 Å². The minimum Gasteiger partial charge on any atom is -0.325 e. The summed E-state index contributed by atoms with van der Waals surface area (Å²) in [5.41, 5.74) is 0.153. The molecule has 1 saturated heterocycles. The van der Waals surface area contributed by atoms with Crippen molar-refractivity contribution in [2.75, 3.05) is 11.9 Å². The second-order valence-electron chi connectivity index (χ2n) is 4.15. The number of halogens is 2. The zero-order valence-electron chi connectivity index (χ0n) is 9.30. The first-order valence-corrected chi connectivity index (χ1v) is 5.65. The van der Waals surface area contributed by atoms with Crippen LogP contribution in [-0.4, -0.2) is 18.5 Å². The fourth-order valence-electron chi connectivity index (χ4n) is 1.93. The summed E-state index contributed by atoms with van der Waals surface area (Å²) in [6.45, 7) is 0.801. The fourth-order valence-corrected chi connectivity index (χ4v) is 1.93. The highest BCUT2D eigenvalue weighted by atomic mass is 19.1. The molecule has 0 bridgehead atoms. The van der Waals surface area contributed by atoms with Crippen LogP contribution in [0.15, 0.2) is 18.2 Å². The Hall–Kier alpha value is -1.49. The maximum atomic E-state index is 12.9. The summed E-state index contributed by atoms with van der Waals surface area (Å²) < 4.78 is 25.8. The second-order valence-corrected chi connectivity index (χ2v) is 4.15. The van der Waals surface area contributed by atoms with E-state index in [9.17, 15) is 13.6 Å².